The van der Waals surface area contributed by atoms with Crippen molar-refractivity contribution in [3.8, 4) is 0 Å². The normalized spacial score (nSPS) is 25.2. The monoisotopic (exact) mass is 295 g/mol. The standard InChI is InChI=1S/C14H24F3NO2/c1-10(9-19)5-4-8-18-13(20)11-6-2-3-7-12(11)14(15,16)17/h10-12,19H,2-9H2,1H3,(H,18,20). The third kappa shape index (κ3) is 5.31. The Labute approximate surface area is 117 Å². The zero-order valence-electron chi connectivity index (χ0n) is 11.9. The fourth-order valence-electron chi connectivity index (χ4n) is 2.72. The molecule has 1 fully saturated rings. The van der Waals surface area contributed by atoms with Crippen molar-refractivity contribution < 1.29 is 23.1 Å². The van der Waals surface area contributed by atoms with Crippen molar-refractivity contribution in [3.63, 3.8) is 0 Å². The second-order valence-corrected chi connectivity index (χ2v) is 5.76. The van der Waals surface area contributed by atoms with E-state index in [9.17, 15) is 18.0 Å². The van der Waals surface area contributed by atoms with E-state index in [2.05, 4.69) is 5.32 Å². The fourth-order valence-corrected chi connectivity index (χ4v) is 2.72. The molecular weight excluding hydrogens is 271 g/mol. The average molecular weight is 295 g/mol. The van der Waals surface area contributed by atoms with E-state index in [0.29, 0.717) is 32.2 Å². The first-order valence-electron chi connectivity index (χ1n) is 7.31. The van der Waals surface area contributed by atoms with E-state index in [0.717, 1.165) is 6.42 Å². The number of aliphatic hydroxyl groups is 1. The average Bonchev–Trinajstić information content (AvgIpc) is 2.42. The highest BCUT2D eigenvalue weighted by Crippen LogP contribution is 2.41. The van der Waals surface area contributed by atoms with Crippen LogP contribution in [0.5, 0.6) is 0 Å². The van der Waals surface area contributed by atoms with Crippen molar-refractivity contribution in [2.45, 2.75) is 51.6 Å². The minimum Gasteiger partial charge on any atom is -0.396 e. The molecule has 20 heavy (non-hydrogen) atoms. The molecule has 0 bridgehead atoms. The SMILES string of the molecule is CC(CO)CCCNC(=O)C1CCCCC1C(F)(F)F. The van der Waals surface area contributed by atoms with Crippen LogP contribution in [0.2, 0.25) is 0 Å². The number of hydrogen-bond acceptors (Lipinski definition) is 2. The number of alkyl halides is 3. The highest BCUT2D eigenvalue weighted by Gasteiger charge is 2.47. The molecule has 3 unspecified atom stereocenters. The maximum Gasteiger partial charge on any atom is 0.392 e. The quantitative estimate of drug-likeness (QED) is 0.740. The predicted molar refractivity (Wildman–Crippen MR) is 70.0 cm³/mol. The Morgan fingerprint density at radius 3 is 2.60 bits per heavy atom. The second-order valence-electron chi connectivity index (χ2n) is 5.76. The Morgan fingerprint density at radius 1 is 1.35 bits per heavy atom. The lowest BCUT2D eigenvalue weighted by Gasteiger charge is -2.32. The smallest absolute Gasteiger partial charge is 0.392 e. The first kappa shape index (κ1) is 17.3. The van der Waals surface area contributed by atoms with Gasteiger partial charge >= 0.3 is 6.18 Å². The summed E-state index contributed by atoms with van der Waals surface area (Å²) in [4.78, 5) is 11.9. The van der Waals surface area contributed by atoms with Crippen LogP contribution in [0, 0.1) is 17.8 Å². The molecule has 1 saturated carbocycles. The first-order valence-corrected chi connectivity index (χ1v) is 7.31. The Hall–Kier alpha value is -0.780. The molecule has 0 saturated heterocycles. The summed E-state index contributed by atoms with van der Waals surface area (Å²) >= 11 is 0. The van der Waals surface area contributed by atoms with E-state index >= 15 is 0 Å². The molecule has 3 nitrogen and oxygen atoms in total. The molecule has 0 radical (unpaired) electrons. The molecule has 118 valence electrons. The van der Waals surface area contributed by atoms with Gasteiger partial charge in [-0.05, 0) is 31.6 Å². The van der Waals surface area contributed by atoms with Crippen LogP contribution in [0.3, 0.4) is 0 Å². The lowest BCUT2D eigenvalue weighted by atomic mass is 9.78. The van der Waals surface area contributed by atoms with Crippen molar-refractivity contribution in [3.05, 3.63) is 0 Å². The number of amides is 1. The van der Waals surface area contributed by atoms with Crippen LogP contribution in [0.15, 0.2) is 0 Å². The van der Waals surface area contributed by atoms with Crippen LogP contribution >= 0.6 is 0 Å². The van der Waals surface area contributed by atoms with E-state index in [4.69, 9.17) is 5.11 Å². The van der Waals surface area contributed by atoms with Crippen molar-refractivity contribution in [1.82, 2.24) is 5.32 Å². The Bertz CT molecular complexity index is 307. The summed E-state index contributed by atoms with van der Waals surface area (Å²) in [5.74, 6) is -2.74. The minimum absolute atomic E-state index is 0.0587. The van der Waals surface area contributed by atoms with Crippen molar-refractivity contribution >= 4 is 5.91 Å². The van der Waals surface area contributed by atoms with E-state index in [1.807, 2.05) is 6.92 Å². The van der Waals surface area contributed by atoms with Crippen LogP contribution in [0.25, 0.3) is 0 Å². The van der Waals surface area contributed by atoms with Gasteiger partial charge in [-0.15, -0.1) is 0 Å². The molecule has 0 aliphatic heterocycles. The third-order valence-electron chi connectivity index (χ3n) is 4.01. The van der Waals surface area contributed by atoms with Crippen molar-refractivity contribution in [2.75, 3.05) is 13.2 Å². The number of aliphatic hydroxyl groups excluding tert-OH is 1. The number of carbonyl (C=O) groups is 1. The van der Waals surface area contributed by atoms with Gasteiger partial charge in [-0.25, -0.2) is 0 Å². The number of halogens is 3. The largest absolute Gasteiger partial charge is 0.396 e. The Morgan fingerprint density at radius 2 is 2.00 bits per heavy atom. The zero-order chi connectivity index (χ0) is 15.2. The molecule has 0 spiro atoms. The van der Waals surface area contributed by atoms with E-state index in [1.165, 1.54) is 0 Å². The van der Waals surface area contributed by atoms with E-state index in [-0.39, 0.29) is 18.9 Å². The van der Waals surface area contributed by atoms with Gasteiger partial charge in [-0.2, -0.15) is 13.2 Å². The molecular formula is C14H24F3NO2. The molecule has 0 aromatic rings. The molecule has 0 aromatic heterocycles. The summed E-state index contributed by atoms with van der Waals surface area (Å²) in [5, 5.41) is 11.5. The summed E-state index contributed by atoms with van der Waals surface area (Å²) in [6, 6.07) is 0. The van der Waals surface area contributed by atoms with Crippen LogP contribution in [0.4, 0.5) is 13.2 Å². The lowest BCUT2D eigenvalue weighted by Crippen LogP contribution is -2.42. The minimum atomic E-state index is -4.28. The molecule has 1 rings (SSSR count). The number of hydrogen-bond donors (Lipinski definition) is 2. The number of rotatable bonds is 6. The first-order chi connectivity index (χ1) is 9.36. The van der Waals surface area contributed by atoms with Crippen molar-refractivity contribution in [1.29, 1.82) is 0 Å². The van der Waals surface area contributed by atoms with Crippen LogP contribution in [0.1, 0.15) is 45.4 Å². The van der Waals surface area contributed by atoms with Gasteiger partial charge in [0, 0.05) is 19.1 Å². The molecule has 1 amide bonds. The third-order valence-corrected chi connectivity index (χ3v) is 4.01. The maximum atomic E-state index is 12.9. The molecule has 3 atom stereocenters. The highest BCUT2D eigenvalue weighted by molar-refractivity contribution is 5.79. The fraction of sp³-hybridized carbons (Fsp3) is 0.929. The molecule has 1 aliphatic carbocycles. The van der Waals surface area contributed by atoms with Crippen LogP contribution < -0.4 is 5.32 Å². The van der Waals surface area contributed by atoms with Crippen LogP contribution in [-0.4, -0.2) is 30.3 Å². The lowest BCUT2D eigenvalue weighted by molar-refractivity contribution is -0.198. The van der Waals surface area contributed by atoms with Crippen molar-refractivity contribution in [2.24, 2.45) is 17.8 Å². The summed E-state index contributed by atoms with van der Waals surface area (Å²) in [6.45, 7) is 2.36. The molecule has 6 heteroatoms. The summed E-state index contributed by atoms with van der Waals surface area (Å²) in [5.41, 5.74) is 0. The number of nitrogens with one attached hydrogen (secondary N) is 1. The zero-order valence-corrected chi connectivity index (χ0v) is 11.9. The maximum absolute atomic E-state index is 12.9. The Balaban J connectivity index is 2.40. The van der Waals surface area contributed by atoms with Gasteiger partial charge in [-0.1, -0.05) is 19.8 Å². The summed E-state index contributed by atoms with van der Waals surface area (Å²) < 4.78 is 38.7. The van der Waals surface area contributed by atoms with Gasteiger partial charge in [0.2, 0.25) is 5.91 Å². The van der Waals surface area contributed by atoms with Gasteiger partial charge in [0.1, 0.15) is 0 Å². The van der Waals surface area contributed by atoms with Crippen LogP contribution in [-0.2, 0) is 4.79 Å². The molecule has 1 aliphatic rings. The molecule has 2 N–H and O–H groups in total. The molecule has 0 heterocycles. The van der Waals surface area contributed by atoms with E-state index < -0.39 is 23.9 Å². The van der Waals surface area contributed by atoms with Gasteiger partial charge < -0.3 is 10.4 Å². The summed E-state index contributed by atoms with van der Waals surface area (Å²) in [7, 11) is 0. The predicted octanol–water partition coefficient (Wildman–Crippen LogP) is 2.88. The topological polar surface area (TPSA) is 49.3 Å². The summed E-state index contributed by atoms with van der Waals surface area (Å²) in [6.07, 6.45) is -1.24. The number of carbonyl (C=O) groups excluding carboxylic acids is 1. The van der Waals surface area contributed by atoms with Gasteiger partial charge in [0.25, 0.3) is 0 Å². The Kier molecular flexibility index (Phi) is 6.79. The molecule has 0 aromatic carbocycles. The van der Waals surface area contributed by atoms with Gasteiger partial charge in [-0.3, -0.25) is 4.79 Å². The van der Waals surface area contributed by atoms with Gasteiger partial charge in [0.05, 0.1) is 5.92 Å². The highest BCUT2D eigenvalue weighted by atomic mass is 19.4. The van der Waals surface area contributed by atoms with E-state index in [1.54, 1.807) is 0 Å². The van der Waals surface area contributed by atoms with Gasteiger partial charge in [0.15, 0.2) is 0 Å². The second kappa shape index (κ2) is 7.86.